The molecule has 1 saturated heterocycles. The minimum Gasteiger partial charge on any atom is -0.381 e. The smallest absolute Gasteiger partial charge is 0.0748 e. The van der Waals surface area contributed by atoms with Crippen LogP contribution in [0.2, 0.25) is 10.0 Å². The highest BCUT2D eigenvalue weighted by Gasteiger charge is 2.15. The molecule has 0 amide bonds. The van der Waals surface area contributed by atoms with Gasteiger partial charge in [0.25, 0.3) is 0 Å². The summed E-state index contributed by atoms with van der Waals surface area (Å²) < 4.78 is 5.51. The van der Waals surface area contributed by atoms with Crippen LogP contribution >= 0.6 is 23.2 Å². The third-order valence-electron chi connectivity index (χ3n) is 2.48. The second kappa shape index (κ2) is 5.06. The highest BCUT2D eigenvalue weighted by Crippen LogP contribution is 2.25. The summed E-state index contributed by atoms with van der Waals surface area (Å²) >= 11 is 11.8. The van der Waals surface area contributed by atoms with Crippen molar-refractivity contribution < 1.29 is 4.74 Å². The first kappa shape index (κ1) is 11.1. The molecule has 1 heterocycles. The number of anilines is 1. The Balaban J connectivity index is 1.92. The van der Waals surface area contributed by atoms with Gasteiger partial charge in [0.05, 0.1) is 16.8 Å². The molecule has 1 atom stereocenters. The summed E-state index contributed by atoms with van der Waals surface area (Å²) in [6.07, 6.45) is 2.59. The summed E-state index contributed by atoms with van der Waals surface area (Å²) in [6.45, 7) is 1.68. The largest absolute Gasteiger partial charge is 0.381 e. The highest BCUT2D eigenvalue weighted by molar-refractivity contribution is 6.36. The Morgan fingerprint density at radius 3 is 2.93 bits per heavy atom. The van der Waals surface area contributed by atoms with Crippen molar-refractivity contribution in [1.29, 1.82) is 0 Å². The second-order valence-electron chi connectivity index (χ2n) is 3.64. The van der Waals surface area contributed by atoms with E-state index in [-0.39, 0.29) is 0 Å². The van der Waals surface area contributed by atoms with Crippen LogP contribution in [0.25, 0.3) is 0 Å². The molecule has 1 fully saturated rings. The maximum Gasteiger partial charge on any atom is 0.0748 e. The third kappa shape index (κ3) is 3.00. The molecule has 1 unspecified atom stereocenters. The molecule has 2 nitrogen and oxygen atoms in total. The van der Waals surface area contributed by atoms with Gasteiger partial charge in [-0.1, -0.05) is 23.2 Å². The predicted molar refractivity (Wildman–Crippen MR) is 63.9 cm³/mol. The Hall–Kier alpha value is -0.440. The van der Waals surface area contributed by atoms with Crippen LogP contribution in [0.4, 0.5) is 5.69 Å². The molecule has 0 aromatic heterocycles. The van der Waals surface area contributed by atoms with Crippen LogP contribution in [0, 0.1) is 0 Å². The standard InChI is InChI=1S/C11H13Cl2NO/c12-8-3-4-11(10(13)6-8)14-7-9-2-1-5-15-9/h3-4,6,9,14H,1-2,5,7H2. The number of nitrogens with one attached hydrogen (secondary N) is 1. The van der Waals surface area contributed by atoms with Gasteiger partial charge in [0.1, 0.15) is 0 Å². The van der Waals surface area contributed by atoms with E-state index in [0.29, 0.717) is 16.1 Å². The number of hydrogen-bond donors (Lipinski definition) is 1. The van der Waals surface area contributed by atoms with E-state index in [2.05, 4.69) is 5.32 Å². The van der Waals surface area contributed by atoms with Crippen molar-refractivity contribution in [2.75, 3.05) is 18.5 Å². The number of ether oxygens (including phenoxy) is 1. The van der Waals surface area contributed by atoms with E-state index >= 15 is 0 Å². The molecule has 82 valence electrons. The molecule has 1 aromatic carbocycles. The summed E-state index contributed by atoms with van der Waals surface area (Å²) in [6, 6.07) is 5.45. The van der Waals surface area contributed by atoms with E-state index in [1.807, 2.05) is 12.1 Å². The van der Waals surface area contributed by atoms with Gasteiger partial charge in [-0.25, -0.2) is 0 Å². The zero-order chi connectivity index (χ0) is 10.7. The molecule has 1 N–H and O–H groups in total. The van der Waals surface area contributed by atoms with Gasteiger partial charge in [0.2, 0.25) is 0 Å². The van der Waals surface area contributed by atoms with Gasteiger partial charge >= 0.3 is 0 Å². The fourth-order valence-corrected chi connectivity index (χ4v) is 2.14. The monoisotopic (exact) mass is 245 g/mol. The molecular weight excluding hydrogens is 233 g/mol. The molecule has 1 aromatic rings. The zero-order valence-electron chi connectivity index (χ0n) is 8.30. The Morgan fingerprint density at radius 2 is 2.27 bits per heavy atom. The molecule has 15 heavy (non-hydrogen) atoms. The van der Waals surface area contributed by atoms with Gasteiger partial charge in [-0.15, -0.1) is 0 Å². The van der Waals surface area contributed by atoms with Crippen molar-refractivity contribution in [3.8, 4) is 0 Å². The third-order valence-corrected chi connectivity index (χ3v) is 3.02. The van der Waals surface area contributed by atoms with Gasteiger partial charge < -0.3 is 10.1 Å². The number of halogens is 2. The van der Waals surface area contributed by atoms with E-state index in [9.17, 15) is 0 Å². The molecule has 0 aliphatic carbocycles. The van der Waals surface area contributed by atoms with Crippen LogP contribution in [0.15, 0.2) is 18.2 Å². The highest BCUT2D eigenvalue weighted by atomic mass is 35.5. The molecule has 0 spiro atoms. The van der Waals surface area contributed by atoms with E-state index in [1.54, 1.807) is 6.07 Å². The fourth-order valence-electron chi connectivity index (χ4n) is 1.66. The molecule has 4 heteroatoms. The average Bonchev–Trinajstić information content (AvgIpc) is 2.69. The maximum atomic E-state index is 6.03. The summed E-state index contributed by atoms with van der Waals surface area (Å²) in [4.78, 5) is 0. The SMILES string of the molecule is Clc1ccc(NCC2CCCO2)c(Cl)c1. The van der Waals surface area contributed by atoms with E-state index in [0.717, 1.165) is 31.7 Å². The quantitative estimate of drug-likeness (QED) is 0.879. The fraction of sp³-hybridized carbons (Fsp3) is 0.455. The molecule has 0 bridgehead atoms. The van der Waals surface area contributed by atoms with Crippen LogP contribution < -0.4 is 5.32 Å². The molecule has 1 aliphatic heterocycles. The Kier molecular flexibility index (Phi) is 3.73. The van der Waals surface area contributed by atoms with Crippen LogP contribution in [0.1, 0.15) is 12.8 Å². The lowest BCUT2D eigenvalue weighted by atomic mass is 10.2. The maximum absolute atomic E-state index is 6.03. The minimum absolute atomic E-state index is 0.316. The average molecular weight is 246 g/mol. The lowest BCUT2D eigenvalue weighted by Gasteiger charge is -2.12. The molecule has 0 radical (unpaired) electrons. The molecule has 0 saturated carbocycles. The van der Waals surface area contributed by atoms with Gasteiger partial charge in [-0.2, -0.15) is 0 Å². The summed E-state index contributed by atoms with van der Waals surface area (Å²) in [5.41, 5.74) is 0.913. The van der Waals surface area contributed by atoms with Crippen LogP contribution in [0.5, 0.6) is 0 Å². The first-order chi connectivity index (χ1) is 7.25. The van der Waals surface area contributed by atoms with Crippen molar-refractivity contribution in [3.05, 3.63) is 28.2 Å². The van der Waals surface area contributed by atoms with Gasteiger partial charge in [0, 0.05) is 18.2 Å². The zero-order valence-corrected chi connectivity index (χ0v) is 9.81. The topological polar surface area (TPSA) is 21.3 Å². The van der Waals surface area contributed by atoms with E-state index in [4.69, 9.17) is 27.9 Å². The molecule has 1 aliphatic rings. The Bertz CT molecular complexity index is 337. The van der Waals surface area contributed by atoms with Gasteiger partial charge in [-0.3, -0.25) is 0 Å². The summed E-state index contributed by atoms with van der Waals surface area (Å²) in [5.74, 6) is 0. The Morgan fingerprint density at radius 1 is 1.40 bits per heavy atom. The number of rotatable bonds is 3. The number of benzene rings is 1. The predicted octanol–water partition coefficient (Wildman–Crippen LogP) is 3.58. The van der Waals surface area contributed by atoms with Crippen molar-refractivity contribution in [2.45, 2.75) is 18.9 Å². The first-order valence-electron chi connectivity index (χ1n) is 5.06. The van der Waals surface area contributed by atoms with Crippen molar-refractivity contribution in [1.82, 2.24) is 0 Å². The molecular formula is C11H13Cl2NO. The van der Waals surface area contributed by atoms with E-state index < -0.39 is 0 Å². The lowest BCUT2D eigenvalue weighted by Crippen LogP contribution is -2.18. The van der Waals surface area contributed by atoms with Gasteiger partial charge in [-0.05, 0) is 31.0 Å². The van der Waals surface area contributed by atoms with Crippen LogP contribution in [0.3, 0.4) is 0 Å². The van der Waals surface area contributed by atoms with Crippen LogP contribution in [-0.4, -0.2) is 19.3 Å². The van der Waals surface area contributed by atoms with Gasteiger partial charge in [0.15, 0.2) is 0 Å². The first-order valence-corrected chi connectivity index (χ1v) is 5.82. The summed E-state index contributed by atoms with van der Waals surface area (Å²) in [5, 5.41) is 4.57. The summed E-state index contributed by atoms with van der Waals surface area (Å²) in [7, 11) is 0. The van der Waals surface area contributed by atoms with Crippen molar-refractivity contribution in [3.63, 3.8) is 0 Å². The second-order valence-corrected chi connectivity index (χ2v) is 4.48. The Labute approximate surface area is 99.5 Å². The van der Waals surface area contributed by atoms with E-state index in [1.165, 1.54) is 0 Å². The van der Waals surface area contributed by atoms with Crippen molar-refractivity contribution >= 4 is 28.9 Å². The number of hydrogen-bond acceptors (Lipinski definition) is 2. The lowest BCUT2D eigenvalue weighted by molar-refractivity contribution is 0.120. The van der Waals surface area contributed by atoms with Crippen molar-refractivity contribution in [2.24, 2.45) is 0 Å². The minimum atomic E-state index is 0.316. The normalized spacial score (nSPS) is 20.5. The van der Waals surface area contributed by atoms with Crippen LogP contribution in [-0.2, 0) is 4.74 Å². The molecule has 2 rings (SSSR count).